The van der Waals surface area contributed by atoms with E-state index in [0.29, 0.717) is 5.92 Å². The molecule has 1 N–H and O–H groups in total. The first-order valence-electron chi connectivity index (χ1n) is 5.61. The van der Waals surface area contributed by atoms with Crippen LogP contribution in [0.1, 0.15) is 24.5 Å². The number of hydrogen-bond acceptors (Lipinski definition) is 2. The van der Waals surface area contributed by atoms with E-state index in [4.69, 9.17) is 0 Å². The number of rotatable bonds is 1. The molecule has 0 aliphatic carbocycles. The molecule has 1 saturated heterocycles. The lowest BCUT2D eigenvalue weighted by atomic mass is 10.00. The predicted molar refractivity (Wildman–Crippen MR) is 67.3 cm³/mol. The maximum absolute atomic E-state index is 11.2. The predicted octanol–water partition coefficient (Wildman–Crippen LogP) is 2.24. The number of imidazole rings is 1. The van der Waals surface area contributed by atoms with Gasteiger partial charge in [0.2, 0.25) is 0 Å². The summed E-state index contributed by atoms with van der Waals surface area (Å²) in [5.41, 5.74) is 2.24. The van der Waals surface area contributed by atoms with Crippen LogP contribution in [0.25, 0.3) is 5.65 Å². The average molecular weight is 234 g/mol. The number of hydrogen-bond donors (Lipinski definition) is 1. The molecule has 3 rings (SSSR count). The second-order valence-corrected chi connectivity index (χ2v) is 5.48. The molecule has 0 bridgehead atoms. The summed E-state index contributed by atoms with van der Waals surface area (Å²) in [5, 5.41) is 0. The van der Waals surface area contributed by atoms with Crippen molar-refractivity contribution in [1.82, 2.24) is 9.38 Å². The van der Waals surface area contributed by atoms with Crippen LogP contribution in [0, 0.1) is 0 Å². The van der Waals surface area contributed by atoms with E-state index in [1.54, 1.807) is 12.1 Å². The maximum Gasteiger partial charge on any atom is 0.183 e. The van der Waals surface area contributed by atoms with E-state index in [-0.39, 0.29) is 5.43 Å². The second-order valence-electron chi connectivity index (χ2n) is 4.25. The van der Waals surface area contributed by atoms with Gasteiger partial charge in [0.1, 0.15) is 5.65 Å². The Labute approximate surface area is 97.9 Å². The van der Waals surface area contributed by atoms with Gasteiger partial charge in [-0.3, -0.25) is 4.79 Å². The fraction of sp³-hybridized carbons (Fsp3) is 0.417. The third kappa shape index (κ3) is 1.78. The number of H-pyrrole nitrogens is 1. The zero-order valence-corrected chi connectivity index (χ0v) is 9.80. The Bertz CT molecular complexity index is 551. The van der Waals surface area contributed by atoms with E-state index in [9.17, 15) is 4.79 Å². The van der Waals surface area contributed by atoms with Gasteiger partial charge in [0.25, 0.3) is 0 Å². The third-order valence-corrected chi connectivity index (χ3v) is 4.22. The summed E-state index contributed by atoms with van der Waals surface area (Å²) >= 11 is 2.03. The molecule has 1 fully saturated rings. The van der Waals surface area contributed by atoms with Crippen molar-refractivity contribution in [3.63, 3.8) is 0 Å². The molecule has 1 aliphatic heterocycles. The number of fused-ring (bicyclic) bond motifs is 1. The van der Waals surface area contributed by atoms with Crippen LogP contribution >= 0.6 is 11.8 Å². The van der Waals surface area contributed by atoms with Crippen LogP contribution < -0.4 is 5.43 Å². The normalized spacial score (nSPS) is 18.0. The Morgan fingerprint density at radius 1 is 1.38 bits per heavy atom. The standard InChI is InChI=1S/C12H14N2OS/c15-10-1-4-14-8-11(13-12(14)7-10)9-2-5-16-6-3-9/h1,4,7-9,13H,2-3,5-6H2. The van der Waals surface area contributed by atoms with Crippen molar-refractivity contribution < 1.29 is 0 Å². The lowest BCUT2D eigenvalue weighted by Gasteiger charge is -2.19. The Morgan fingerprint density at radius 3 is 3.00 bits per heavy atom. The second kappa shape index (κ2) is 4.01. The average Bonchev–Trinajstić information content (AvgIpc) is 2.73. The first-order chi connectivity index (χ1) is 7.83. The highest BCUT2D eigenvalue weighted by Gasteiger charge is 2.17. The van der Waals surface area contributed by atoms with Crippen molar-refractivity contribution in [2.24, 2.45) is 0 Å². The Hall–Kier alpha value is -1.16. The van der Waals surface area contributed by atoms with Crippen LogP contribution in [0.5, 0.6) is 0 Å². The summed E-state index contributed by atoms with van der Waals surface area (Å²) < 4.78 is 2.00. The smallest absolute Gasteiger partial charge is 0.183 e. The molecule has 0 amide bonds. The van der Waals surface area contributed by atoms with Gasteiger partial charge in [0, 0.05) is 36.1 Å². The first-order valence-corrected chi connectivity index (χ1v) is 6.77. The molecule has 0 aromatic carbocycles. The van der Waals surface area contributed by atoms with Gasteiger partial charge in [0.15, 0.2) is 5.43 Å². The highest BCUT2D eigenvalue weighted by Crippen LogP contribution is 2.30. The highest BCUT2D eigenvalue weighted by atomic mass is 32.2. The minimum atomic E-state index is 0.0626. The van der Waals surface area contributed by atoms with Crippen LogP contribution in [0.4, 0.5) is 0 Å². The molecule has 0 atom stereocenters. The van der Waals surface area contributed by atoms with Gasteiger partial charge in [-0.05, 0) is 24.3 Å². The molecule has 84 valence electrons. The fourth-order valence-corrected chi connectivity index (χ4v) is 3.36. The first kappa shape index (κ1) is 10.0. The van der Waals surface area contributed by atoms with E-state index >= 15 is 0 Å². The Morgan fingerprint density at radius 2 is 2.19 bits per heavy atom. The van der Waals surface area contributed by atoms with Gasteiger partial charge in [-0.15, -0.1) is 0 Å². The van der Waals surface area contributed by atoms with Crippen molar-refractivity contribution >= 4 is 17.4 Å². The monoisotopic (exact) mass is 234 g/mol. The van der Waals surface area contributed by atoms with Gasteiger partial charge >= 0.3 is 0 Å². The molecule has 1 aliphatic rings. The van der Waals surface area contributed by atoms with E-state index in [1.807, 2.05) is 22.4 Å². The van der Waals surface area contributed by atoms with Crippen LogP contribution in [-0.4, -0.2) is 20.9 Å². The summed E-state index contributed by atoms with van der Waals surface area (Å²) in [5.74, 6) is 3.13. The molecule has 0 unspecified atom stereocenters. The summed E-state index contributed by atoms with van der Waals surface area (Å²) in [6.45, 7) is 0. The number of aromatic amines is 1. The van der Waals surface area contributed by atoms with Crippen molar-refractivity contribution in [2.45, 2.75) is 18.8 Å². The van der Waals surface area contributed by atoms with Crippen LogP contribution in [0.2, 0.25) is 0 Å². The van der Waals surface area contributed by atoms with Gasteiger partial charge in [-0.25, -0.2) is 0 Å². The lowest BCUT2D eigenvalue weighted by Crippen LogP contribution is -2.07. The largest absolute Gasteiger partial charge is 0.343 e. The topological polar surface area (TPSA) is 37.3 Å². The Balaban J connectivity index is 2.00. The zero-order valence-electron chi connectivity index (χ0n) is 8.98. The van der Waals surface area contributed by atoms with Crippen LogP contribution in [-0.2, 0) is 0 Å². The molecule has 3 nitrogen and oxygen atoms in total. The van der Waals surface area contributed by atoms with Crippen molar-refractivity contribution in [3.8, 4) is 0 Å². The molecule has 0 saturated carbocycles. The van der Waals surface area contributed by atoms with Gasteiger partial charge in [-0.1, -0.05) is 0 Å². The maximum atomic E-state index is 11.2. The molecule has 2 aromatic rings. The minimum Gasteiger partial charge on any atom is -0.343 e. The summed E-state index contributed by atoms with van der Waals surface area (Å²) in [4.78, 5) is 14.6. The van der Waals surface area contributed by atoms with E-state index in [1.165, 1.54) is 30.0 Å². The molecule has 3 heterocycles. The molecular weight excluding hydrogens is 220 g/mol. The van der Waals surface area contributed by atoms with Crippen molar-refractivity contribution in [2.75, 3.05) is 11.5 Å². The molecular formula is C12H14N2OS. The number of nitrogens with zero attached hydrogens (tertiary/aromatic N) is 1. The van der Waals surface area contributed by atoms with Crippen molar-refractivity contribution in [3.05, 3.63) is 40.4 Å². The van der Waals surface area contributed by atoms with Crippen LogP contribution in [0.15, 0.2) is 29.3 Å². The molecule has 0 radical (unpaired) electrons. The molecule has 16 heavy (non-hydrogen) atoms. The summed E-state index contributed by atoms with van der Waals surface area (Å²) in [7, 11) is 0. The SMILES string of the molecule is O=c1ccn2cc(C3CCSCC3)[nH]c2c1. The zero-order chi connectivity index (χ0) is 11.0. The molecule has 4 heteroatoms. The fourth-order valence-electron chi connectivity index (χ4n) is 2.25. The third-order valence-electron chi connectivity index (χ3n) is 3.17. The van der Waals surface area contributed by atoms with Gasteiger partial charge in [-0.2, -0.15) is 11.8 Å². The van der Waals surface area contributed by atoms with E-state index in [2.05, 4.69) is 11.2 Å². The minimum absolute atomic E-state index is 0.0626. The summed E-state index contributed by atoms with van der Waals surface area (Å²) in [6, 6.07) is 3.25. The highest BCUT2D eigenvalue weighted by molar-refractivity contribution is 7.99. The molecule has 0 spiro atoms. The lowest BCUT2D eigenvalue weighted by molar-refractivity contribution is 0.623. The van der Waals surface area contributed by atoms with Gasteiger partial charge < -0.3 is 9.38 Å². The van der Waals surface area contributed by atoms with E-state index in [0.717, 1.165) is 5.65 Å². The number of nitrogens with one attached hydrogen (secondary N) is 1. The van der Waals surface area contributed by atoms with Crippen LogP contribution in [0.3, 0.4) is 0 Å². The number of aromatic nitrogens is 2. The number of pyridine rings is 1. The summed E-state index contributed by atoms with van der Waals surface area (Å²) in [6.07, 6.45) is 6.43. The molecule has 2 aromatic heterocycles. The van der Waals surface area contributed by atoms with Crippen molar-refractivity contribution in [1.29, 1.82) is 0 Å². The number of thioether (sulfide) groups is 1. The Kier molecular flexibility index (Phi) is 2.52. The van der Waals surface area contributed by atoms with Gasteiger partial charge in [0.05, 0.1) is 0 Å². The quantitative estimate of drug-likeness (QED) is 0.821. The van der Waals surface area contributed by atoms with E-state index < -0.39 is 0 Å².